The van der Waals surface area contributed by atoms with Gasteiger partial charge in [-0.3, -0.25) is 10.1 Å². The number of benzene rings is 3. The van der Waals surface area contributed by atoms with Gasteiger partial charge in [0, 0.05) is 17.3 Å². The number of fused-ring (bicyclic) bond motifs is 1. The SMILES string of the molecule is COc1cc(OC)cc(C(=O)NC(=S)Nc2cc(C)c(O)c(-c3nc4ccccc4o3)c2)c1. The Bertz CT molecular complexity index is 1310. The molecule has 0 atom stereocenters. The Hall–Kier alpha value is -4.11. The quantitative estimate of drug-likeness (QED) is 0.290. The van der Waals surface area contributed by atoms with Crippen LogP contribution in [0.5, 0.6) is 17.2 Å². The van der Waals surface area contributed by atoms with Crippen molar-refractivity contribution in [2.45, 2.75) is 6.92 Å². The first-order chi connectivity index (χ1) is 15.9. The van der Waals surface area contributed by atoms with Crippen molar-refractivity contribution < 1.29 is 23.8 Å². The molecule has 0 aliphatic carbocycles. The van der Waals surface area contributed by atoms with Crippen molar-refractivity contribution in [2.24, 2.45) is 0 Å². The number of phenols is 1. The molecule has 0 spiro atoms. The Morgan fingerprint density at radius 2 is 1.76 bits per heavy atom. The average molecular weight is 464 g/mol. The molecule has 0 saturated heterocycles. The number of aromatic hydroxyl groups is 1. The van der Waals surface area contributed by atoms with Crippen molar-refractivity contribution in [3.8, 4) is 28.7 Å². The Kier molecular flexibility index (Phi) is 6.14. The number of oxazole rings is 1. The molecule has 1 aromatic heterocycles. The maximum Gasteiger partial charge on any atom is 0.257 e. The minimum Gasteiger partial charge on any atom is -0.507 e. The molecule has 0 aliphatic heterocycles. The largest absolute Gasteiger partial charge is 0.507 e. The van der Waals surface area contributed by atoms with Crippen molar-refractivity contribution in [2.75, 3.05) is 19.5 Å². The van der Waals surface area contributed by atoms with E-state index < -0.39 is 5.91 Å². The van der Waals surface area contributed by atoms with E-state index in [-0.39, 0.29) is 16.8 Å². The minimum absolute atomic E-state index is 0.0468. The second-order valence-electron chi connectivity index (χ2n) is 7.19. The highest BCUT2D eigenvalue weighted by atomic mass is 32.1. The van der Waals surface area contributed by atoms with Crippen molar-refractivity contribution in [3.05, 3.63) is 65.7 Å². The number of thiocarbonyl (C=S) groups is 1. The molecule has 3 N–H and O–H groups in total. The molecule has 0 unspecified atom stereocenters. The molecule has 168 valence electrons. The number of methoxy groups -OCH3 is 2. The van der Waals surface area contributed by atoms with Crippen LogP contribution in [0, 0.1) is 6.92 Å². The third-order valence-corrected chi connectivity index (χ3v) is 5.13. The van der Waals surface area contributed by atoms with Gasteiger partial charge < -0.3 is 24.3 Å². The number of nitrogens with one attached hydrogen (secondary N) is 2. The molecule has 9 heteroatoms. The van der Waals surface area contributed by atoms with Gasteiger partial charge in [-0.1, -0.05) is 12.1 Å². The summed E-state index contributed by atoms with van der Waals surface area (Å²) in [5.74, 6) is 0.856. The van der Waals surface area contributed by atoms with E-state index in [0.29, 0.717) is 45.0 Å². The van der Waals surface area contributed by atoms with Crippen molar-refractivity contribution in [3.63, 3.8) is 0 Å². The number of nitrogens with zero attached hydrogens (tertiary/aromatic N) is 1. The summed E-state index contributed by atoms with van der Waals surface area (Å²) in [6, 6.07) is 15.5. The van der Waals surface area contributed by atoms with Crippen LogP contribution in [0.15, 0.2) is 59.0 Å². The third-order valence-electron chi connectivity index (χ3n) is 4.92. The third kappa shape index (κ3) is 4.73. The predicted octanol–water partition coefficient (Wildman–Crippen LogP) is 4.65. The summed E-state index contributed by atoms with van der Waals surface area (Å²) in [4.78, 5) is 17.1. The molecular weight excluding hydrogens is 442 g/mol. The monoisotopic (exact) mass is 463 g/mol. The summed E-state index contributed by atoms with van der Waals surface area (Å²) in [7, 11) is 3.01. The van der Waals surface area contributed by atoms with E-state index in [1.54, 1.807) is 43.3 Å². The number of rotatable bonds is 5. The van der Waals surface area contributed by atoms with Gasteiger partial charge >= 0.3 is 0 Å². The zero-order valence-corrected chi connectivity index (χ0v) is 18.9. The second kappa shape index (κ2) is 9.17. The Balaban J connectivity index is 1.55. The van der Waals surface area contributed by atoms with Crippen LogP contribution in [0.2, 0.25) is 0 Å². The summed E-state index contributed by atoms with van der Waals surface area (Å²) in [5.41, 5.74) is 3.16. The zero-order valence-electron chi connectivity index (χ0n) is 18.1. The number of amides is 1. The van der Waals surface area contributed by atoms with Crippen LogP contribution in [0.3, 0.4) is 0 Å². The van der Waals surface area contributed by atoms with Crippen LogP contribution < -0.4 is 20.1 Å². The molecule has 0 aliphatic rings. The summed E-state index contributed by atoms with van der Waals surface area (Å²) >= 11 is 5.32. The van der Waals surface area contributed by atoms with Crippen LogP contribution in [0.4, 0.5) is 5.69 Å². The molecule has 1 amide bonds. The first-order valence-electron chi connectivity index (χ1n) is 9.93. The number of hydrogen-bond donors (Lipinski definition) is 3. The molecule has 4 rings (SSSR count). The van der Waals surface area contributed by atoms with Gasteiger partial charge in [0.25, 0.3) is 5.91 Å². The lowest BCUT2D eigenvalue weighted by molar-refractivity contribution is 0.0977. The molecule has 3 aromatic carbocycles. The number of para-hydroxylation sites is 2. The van der Waals surface area contributed by atoms with E-state index >= 15 is 0 Å². The number of aryl methyl sites for hydroxylation is 1. The highest BCUT2D eigenvalue weighted by Gasteiger charge is 2.17. The first-order valence-corrected chi connectivity index (χ1v) is 10.3. The van der Waals surface area contributed by atoms with Crippen LogP contribution in [-0.4, -0.2) is 35.3 Å². The number of anilines is 1. The van der Waals surface area contributed by atoms with Crippen molar-refractivity contribution in [1.82, 2.24) is 10.3 Å². The fraction of sp³-hybridized carbons (Fsp3) is 0.125. The zero-order chi connectivity index (χ0) is 23.5. The maximum absolute atomic E-state index is 12.7. The van der Waals surface area contributed by atoms with Gasteiger partial charge in [-0.25, -0.2) is 4.98 Å². The number of hydrogen-bond acceptors (Lipinski definition) is 7. The summed E-state index contributed by atoms with van der Waals surface area (Å²) in [6.07, 6.45) is 0. The summed E-state index contributed by atoms with van der Waals surface area (Å²) in [6.45, 7) is 1.75. The van der Waals surface area contributed by atoms with E-state index in [9.17, 15) is 9.90 Å². The van der Waals surface area contributed by atoms with Crippen LogP contribution in [-0.2, 0) is 0 Å². The molecule has 33 heavy (non-hydrogen) atoms. The fourth-order valence-electron chi connectivity index (χ4n) is 3.28. The van der Waals surface area contributed by atoms with E-state index in [2.05, 4.69) is 15.6 Å². The predicted molar refractivity (Wildman–Crippen MR) is 129 cm³/mol. The minimum atomic E-state index is -0.431. The van der Waals surface area contributed by atoms with Gasteiger partial charge in [0.1, 0.15) is 22.8 Å². The summed E-state index contributed by atoms with van der Waals surface area (Å²) < 4.78 is 16.2. The smallest absolute Gasteiger partial charge is 0.257 e. The van der Waals surface area contributed by atoms with Gasteiger partial charge in [-0.2, -0.15) is 0 Å². The Morgan fingerprint density at radius 3 is 2.42 bits per heavy atom. The molecule has 4 aromatic rings. The number of aromatic nitrogens is 1. The number of carbonyl (C=O) groups excluding carboxylic acids is 1. The summed E-state index contributed by atoms with van der Waals surface area (Å²) in [5, 5.41) is 16.3. The second-order valence-corrected chi connectivity index (χ2v) is 7.59. The van der Waals surface area contributed by atoms with Crippen LogP contribution in [0.1, 0.15) is 15.9 Å². The number of carbonyl (C=O) groups is 1. The molecule has 8 nitrogen and oxygen atoms in total. The standard InChI is InChI=1S/C24H21N3O5S/c1-13-8-15(11-18(21(13)28)23-26-19-6-4-5-7-20(19)32-23)25-24(33)27-22(29)14-9-16(30-2)12-17(10-14)31-3/h4-12,28H,1-3H3,(H2,25,27,29,33). The number of phenolic OH excluding ortho intramolecular Hbond substituents is 1. The molecule has 0 bridgehead atoms. The molecule has 1 heterocycles. The highest BCUT2D eigenvalue weighted by Crippen LogP contribution is 2.36. The lowest BCUT2D eigenvalue weighted by atomic mass is 10.1. The topological polar surface area (TPSA) is 106 Å². The van der Waals surface area contributed by atoms with Crippen LogP contribution >= 0.6 is 12.2 Å². The van der Waals surface area contributed by atoms with E-state index in [1.165, 1.54) is 14.2 Å². The lowest BCUT2D eigenvalue weighted by Crippen LogP contribution is -2.34. The van der Waals surface area contributed by atoms with Crippen molar-refractivity contribution in [1.29, 1.82) is 0 Å². The first kappa shape index (κ1) is 22.1. The molecule has 0 radical (unpaired) electrons. The van der Waals surface area contributed by atoms with Crippen molar-refractivity contribution >= 4 is 40.0 Å². The van der Waals surface area contributed by atoms with E-state index in [4.69, 9.17) is 26.1 Å². The van der Waals surface area contributed by atoms with Gasteiger partial charge in [-0.15, -0.1) is 0 Å². The molecule has 0 fully saturated rings. The van der Waals surface area contributed by atoms with E-state index in [1.807, 2.05) is 18.2 Å². The van der Waals surface area contributed by atoms with Gasteiger partial charge in [0.15, 0.2) is 10.7 Å². The van der Waals surface area contributed by atoms with Gasteiger partial charge in [-0.05, 0) is 61.1 Å². The van der Waals surface area contributed by atoms with E-state index in [0.717, 1.165) is 0 Å². The fourth-order valence-corrected chi connectivity index (χ4v) is 3.49. The normalized spacial score (nSPS) is 10.6. The van der Waals surface area contributed by atoms with Crippen LogP contribution in [0.25, 0.3) is 22.6 Å². The lowest BCUT2D eigenvalue weighted by Gasteiger charge is -2.13. The number of ether oxygens (including phenoxy) is 2. The van der Waals surface area contributed by atoms with Gasteiger partial charge in [0.05, 0.1) is 19.8 Å². The Labute approximate surface area is 195 Å². The average Bonchev–Trinajstić information content (AvgIpc) is 3.24. The van der Waals surface area contributed by atoms with Gasteiger partial charge in [0.2, 0.25) is 5.89 Å². The maximum atomic E-state index is 12.7. The Morgan fingerprint density at radius 1 is 1.06 bits per heavy atom. The molecular formula is C24H21N3O5S. The molecule has 0 saturated carbocycles. The highest BCUT2D eigenvalue weighted by molar-refractivity contribution is 7.80.